The van der Waals surface area contributed by atoms with Gasteiger partial charge in [-0.15, -0.1) is 0 Å². The molecule has 0 unspecified atom stereocenters. The van der Waals surface area contributed by atoms with Gasteiger partial charge in [-0.25, -0.2) is 0 Å². The number of fused-ring (bicyclic) bond motifs is 1. The molecule has 0 spiro atoms. The fourth-order valence-corrected chi connectivity index (χ4v) is 3.40. The fourth-order valence-electron chi connectivity index (χ4n) is 3.40. The summed E-state index contributed by atoms with van der Waals surface area (Å²) in [5.41, 5.74) is 8.10. The van der Waals surface area contributed by atoms with E-state index in [9.17, 15) is 9.59 Å². The maximum absolute atomic E-state index is 13.4. The highest BCUT2D eigenvalue weighted by molar-refractivity contribution is 6.12. The van der Waals surface area contributed by atoms with Crippen LogP contribution < -0.4 is 25.4 Å². The van der Waals surface area contributed by atoms with Gasteiger partial charge in [0, 0.05) is 11.4 Å². The zero-order valence-electron chi connectivity index (χ0n) is 16.4. The fraction of sp³-hybridized carbons (Fsp3) is 0.130. The summed E-state index contributed by atoms with van der Waals surface area (Å²) in [4.78, 5) is 26.0. The van der Waals surface area contributed by atoms with Gasteiger partial charge in [-0.1, -0.05) is 24.3 Å². The van der Waals surface area contributed by atoms with E-state index in [1.165, 1.54) is 0 Å². The Morgan fingerprint density at radius 1 is 1.00 bits per heavy atom. The van der Waals surface area contributed by atoms with Gasteiger partial charge in [-0.2, -0.15) is 0 Å². The first-order chi connectivity index (χ1) is 14.6. The molecular weight excluding hydrogens is 382 g/mol. The zero-order valence-corrected chi connectivity index (χ0v) is 16.4. The number of para-hydroxylation sites is 1. The van der Waals surface area contributed by atoms with E-state index in [0.717, 1.165) is 16.9 Å². The quantitative estimate of drug-likeness (QED) is 0.658. The maximum atomic E-state index is 13.4. The van der Waals surface area contributed by atoms with E-state index in [2.05, 4.69) is 5.32 Å². The van der Waals surface area contributed by atoms with Crippen molar-refractivity contribution in [1.82, 2.24) is 0 Å². The second kappa shape index (κ2) is 8.16. The van der Waals surface area contributed by atoms with Gasteiger partial charge in [0.25, 0.3) is 11.8 Å². The van der Waals surface area contributed by atoms with Crippen LogP contribution in [0.25, 0.3) is 0 Å². The number of ether oxygens (including phenoxy) is 2. The number of carbonyl (C=O) groups is 2. The van der Waals surface area contributed by atoms with Gasteiger partial charge in [-0.3, -0.25) is 14.5 Å². The number of nitrogens with zero attached hydrogens (tertiary/aromatic N) is 1. The minimum atomic E-state index is -0.541. The highest BCUT2D eigenvalue weighted by Crippen LogP contribution is 2.37. The van der Waals surface area contributed by atoms with E-state index in [0.29, 0.717) is 17.1 Å². The minimum Gasteiger partial charge on any atom is -0.497 e. The van der Waals surface area contributed by atoms with Gasteiger partial charge in [0.1, 0.15) is 17.7 Å². The van der Waals surface area contributed by atoms with Crippen molar-refractivity contribution in [3.8, 4) is 11.5 Å². The molecule has 3 N–H and O–H groups in total. The van der Waals surface area contributed by atoms with Crippen LogP contribution in [0.5, 0.6) is 11.5 Å². The van der Waals surface area contributed by atoms with Crippen molar-refractivity contribution in [3.05, 3.63) is 83.9 Å². The molecule has 7 heteroatoms. The van der Waals surface area contributed by atoms with E-state index in [-0.39, 0.29) is 12.5 Å². The molecule has 1 heterocycles. The number of primary amides is 1. The van der Waals surface area contributed by atoms with E-state index in [4.69, 9.17) is 15.2 Å². The molecule has 0 radical (unpaired) electrons. The maximum Gasteiger partial charge on any atom is 0.262 e. The lowest BCUT2D eigenvalue weighted by Gasteiger charge is -2.38. The summed E-state index contributed by atoms with van der Waals surface area (Å²) in [7, 11) is 1.60. The lowest BCUT2D eigenvalue weighted by molar-refractivity contribution is -0.119. The first-order valence-electron chi connectivity index (χ1n) is 9.41. The molecule has 1 aliphatic heterocycles. The predicted octanol–water partition coefficient (Wildman–Crippen LogP) is 3.33. The summed E-state index contributed by atoms with van der Waals surface area (Å²) in [6, 6.07) is 22.0. The Balaban J connectivity index is 1.71. The molecule has 0 aliphatic carbocycles. The summed E-state index contributed by atoms with van der Waals surface area (Å²) >= 11 is 0. The number of benzene rings is 3. The number of anilines is 2. The summed E-state index contributed by atoms with van der Waals surface area (Å²) in [6.07, 6.45) is -0.425. The lowest BCUT2D eigenvalue weighted by atomic mass is 10.0. The number of nitrogens with two attached hydrogens (primary N) is 1. The lowest BCUT2D eigenvalue weighted by Crippen LogP contribution is -2.43. The SMILES string of the molecule is COc1ccc(N2C(=O)c3ccccc3N[C@@H]2c2ccc(OCC(N)=O)cc2)cc1. The number of rotatable bonds is 6. The Bertz CT molecular complexity index is 1060. The van der Waals surface area contributed by atoms with Crippen molar-refractivity contribution in [1.29, 1.82) is 0 Å². The molecule has 0 aromatic heterocycles. The second-order valence-corrected chi connectivity index (χ2v) is 6.79. The molecule has 1 aliphatic rings. The van der Waals surface area contributed by atoms with Gasteiger partial charge >= 0.3 is 0 Å². The van der Waals surface area contributed by atoms with E-state index in [1.54, 1.807) is 30.2 Å². The molecule has 3 aromatic carbocycles. The third-order valence-corrected chi connectivity index (χ3v) is 4.85. The Morgan fingerprint density at radius 2 is 1.67 bits per heavy atom. The van der Waals surface area contributed by atoms with Crippen LogP contribution in [0.4, 0.5) is 11.4 Å². The Kier molecular flexibility index (Phi) is 5.26. The van der Waals surface area contributed by atoms with Crippen molar-refractivity contribution >= 4 is 23.2 Å². The number of methoxy groups -OCH3 is 1. The average molecular weight is 403 g/mol. The van der Waals surface area contributed by atoms with Crippen LogP contribution in [0.3, 0.4) is 0 Å². The molecule has 4 rings (SSSR count). The standard InChI is InChI=1S/C23H21N3O4/c1-29-17-12-8-16(9-13-17)26-22(25-20-5-3-2-4-19(20)23(26)28)15-6-10-18(11-7-15)30-14-21(24)27/h2-13,22,25H,14H2,1H3,(H2,24,27)/t22-/m0/s1. The number of hydrogen-bond acceptors (Lipinski definition) is 5. The van der Waals surface area contributed by atoms with Crippen LogP contribution in [0, 0.1) is 0 Å². The third-order valence-electron chi connectivity index (χ3n) is 4.85. The van der Waals surface area contributed by atoms with Crippen molar-refractivity contribution < 1.29 is 19.1 Å². The molecule has 0 bridgehead atoms. The first-order valence-corrected chi connectivity index (χ1v) is 9.41. The van der Waals surface area contributed by atoms with Crippen molar-refractivity contribution in [2.75, 3.05) is 23.9 Å². The van der Waals surface area contributed by atoms with Crippen LogP contribution in [0.1, 0.15) is 22.1 Å². The normalized spacial score (nSPS) is 15.2. The summed E-state index contributed by atoms with van der Waals surface area (Å²) in [6.45, 7) is -0.190. The third kappa shape index (κ3) is 3.77. The Labute approximate surface area is 174 Å². The summed E-state index contributed by atoms with van der Waals surface area (Å²) in [5.74, 6) is 0.592. The van der Waals surface area contributed by atoms with Crippen LogP contribution in [0.15, 0.2) is 72.8 Å². The zero-order chi connectivity index (χ0) is 21.1. The smallest absolute Gasteiger partial charge is 0.262 e. The molecule has 7 nitrogen and oxygen atoms in total. The molecule has 0 fully saturated rings. The molecule has 152 valence electrons. The molecule has 30 heavy (non-hydrogen) atoms. The highest BCUT2D eigenvalue weighted by Gasteiger charge is 2.34. The van der Waals surface area contributed by atoms with E-state index in [1.807, 2.05) is 54.6 Å². The van der Waals surface area contributed by atoms with Gasteiger partial charge in [0.15, 0.2) is 6.61 Å². The highest BCUT2D eigenvalue weighted by atomic mass is 16.5. The Hall–Kier alpha value is -4.00. The molecule has 2 amide bonds. The molecular formula is C23H21N3O4. The average Bonchev–Trinajstić information content (AvgIpc) is 2.78. The van der Waals surface area contributed by atoms with Crippen LogP contribution >= 0.6 is 0 Å². The molecule has 3 aromatic rings. The van der Waals surface area contributed by atoms with E-state index < -0.39 is 12.1 Å². The van der Waals surface area contributed by atoms with Crippen molar-refractivity contribution in [2.24, 2.45) is 5.73 Å². The Morgan fingerprint density at radius 3 is 2.33 bits per heavy atom. The van der Waals surface area contributed by atoms with Gasteiger partial charge in [0.2, 0.25) is 0 Å². The summed E-state index contributed by atoms with van der Waals surface area (Å²) < 4.78 is 10.6. The molecule has 0 saturated heterocycles. The first kappa shape index (κ1) is 19.3. The topological polar surface area (TPSA) is 93.9 Å². The number of amides is 2. The number of carbonyl (C=O) groups excluding carboxylic acids is 2. The van der Waals surface area contributed by atoms with Crippen molar-refractivity contribution in [2.45, 2.75) is 6.17 Å². The molecule has 0 saturated carbocycles. The monoisotopic (exact) mass is 403 g/mol. The second-order valence-electron chi connectivity index (χ2n) is 6.79. The molecule has 1 atom stereocenters. The summed E-state index contributed by atoms with van der Waals surface area (Å²) in [5, 5.41) is 3.45. The minimum absolute atomic E-state index is 0.103. The number of hydrogen-bond donors (Lipinski definition) is 2. The van der Waals surface area contributed by atoms with Crippen LogP contribution in [-0.2, 0) is 4.79 Å². The van der Waals surface area contributed by atoms with Crippen LogP contribution in [0.2, 0.25) is 0 Å². The van der Waals surface area contributed by atoms with E-state index >= 15 is 0 Å². The van der Waals surface area contributed by atoms with Gasteiger partial charge < -0.3 is 20.5 Å². The van der Waals surface area contributed by atoms with Gasteiger partial charge in [0.05, 0.1) is 12.7 Å². The van der Waals surface area contributed by atoms with Crippen molar-refractivity contribution in [3.63, 3.8) is 0 Å². The van der Waals surface area contributed by atoms with Crippen LogP contribution in [-0.4, -0.2) is 25.5 Å². The number of nitrogens with one attached hydrogen (secondary N) is 1. The predicted molar refractivity (Wildman–Crippen MR) is 114 cm³/mol. The van der Waals surface area contributed by atoms with Gasteiger partial charge in [-0.05, 0) is 54.1 Å². The largest absolute Gasteiger partial charge is 0.497 e.